The molecule has 1 aliphatic rings. The number of pyridine rings is 2. The maximum absolute atomic E-state index is 14.0. The third kappa shape index (κ3) is 4.76. The van der Waals surface area contributed by atoms with E-state index in [0.717, 1.165) is 17.2 Å². The Balaban J connectivity index is 1.44. The van der Waals surface area contributed by atoms with Gasteiger partial charge in [0.2, 0.25) is 5.91 Å². The lowest BCUT2D eigenvalue weighted by molar-refractivity contribution is -0.116. The van der Waals surface area contributed by atoms with E-state index in [1.807, 2.05) is 64.2 Å². The number of para-hydroxylation sites is 1. The molecule has 1 fully saturated rings. The number of halogens is 1. The first-order valence-corrected chi connectivity index (χ1v) is 11.6. The highest BCUT2D eigenvalue weighted by atomic mass is 32.1. The van der Waals surface area contributed by atoms with Crippen molar-refractivity contribution in [1.82, 2.24) is 24.8 Å². The zero-order valence-corrected chi connectivity index (χ0v) is 19.5. The second-order valence-electron chi connectivity index (χ2n) is 8.09. The van der Waals surface area contributed by atoms with Crippen LogP contribution in [0.2, 0.25) is 0 Å². The van der Waals surface area contributed by atoms with Gasteiger partial charge in [-0.1, -0.05) is 24.3 Å². The Morgan fingerprint density at radius 3 is 2.51 bits per heavy atom. The number of nitrogens with zero attached hydrogens (tertiary/aromatic N) is 4. The Bertz CT molecular complexity index is 1330. The van der Waals surface area contributed by atoms with Crippen molar-refractivity contribution in [2.24, 2.45) is 0 Å². The van der Waals surface area contributed by atoms with Crippen molar-refractivity contribution in [3.63, 3.8) is 0 Å². The lowest BCUT2D eigenvalue weighted by Crippen LogP contribution is -2.33. The summed E-state index contributed by atoms with van der Waals surface area (Å²) in [6.07, 6.45) is 5.58. The number of thiocarbonyl (C=S) groups is 1. The van der Waals surface area contributed by atoms with Crippen molar-refractivity contribution in [2.45, 2.75) is 18.5 Å². The van der Waals surface area contributed by atoms with Crippen molar-refractivity contribution in [2.75, 3.05) is 11.9 Å². The fourth-order valence-electron chi connectivity index (χ4n) is 4.31. The molecule has 0 aliphatic carbocycles. The molecule has 0 unspecified atom stereocenters. The second-order valence-corrected chi connectivity index (χ2v) is 8.48. The summed E-state index contributed by atoms with van der Waals surface area (Å²) in [4.78, 5) is 23.7. The van der Waals surface area contributed by atoms with Crippen LogP contribution in [0.5, 0.6) is 0 Å². The predicted molar refractivity (Wildman–Crippen MR) is 135 cm³/mol. The maximum atomic E-state index is 14.0. The van der Waals surface area contributed by atoms with Gasteiger partial charge in [0, 0.05) is 37.3 Å². The van der Waals surface area contributed by atoms with Gasteiger partial charge in [-0.2, -0.15) is 0 Å². The first-order chi connectivity index (χ1) is 17.1. The molecule has 1 amide bonds. The molecule has 35 heavy (non-hydrogen) atoms. The second kappa shape index (κ2) is 10.0. The van der Waals surface area contributed by atoms with Crippen LogP contribution in [0.25, 0.3) is 5.82 Å². The molecule has 176 valence electrons. The molecule has 1 saturated heterocycles. The molecule has 7 nitrogen and oxygen atoms in total. The average molecular weight is 487 g/mol. The smallest absolute Gasteiger partial charge is 0.226 e. The number of hydrogen-bond acceptors (Lipinski definition) is 4. The van der Waals surface area contributed by atoms with Crippen molar-refractivity contribution >= 4 is 28.9 Å². The molecule has 4 heterocycles. The summed E-state index contributed by atoms with van der Waals surface area (Å²) in [6.45, 7) is 0.341. The fourth-order valence-corrected chi connectivity index (χ4v) is 4.64. The third-order valence-corrected chi connectivity index (χ3v) is 6.26. The van der Waals surface area contributed by atoms with E-state index in [0.29, 0.717) is 11.7 Å². The minimum Gasteiger partial charge on any atom is -0.352 e. The van der Waals surface area contributed by atoms with Crippen LogP contribution in [0.15, 0.2) is 91.4 Å². The Morgan fingerprint density at radius 2 is 1.77 bits per heavy atom. The van der Waals surface area contributed by atoms with Crippen LogP contribution in [-0.2, 0) is 4.79 Å². The number of aromatic nitrogens is 3. The minimum atomic E-state index is -0.472. The molecule has 2 atom stereocenters. The van der Waals surface area contributed by atoms with Crippen molar-refractivity contribution in [1.29, 1.82) is 0 Å². The monoisotopic (exact) mass is 486 g/mol. The summed E-state index contributed by atoms with van der Waals surface area (Å²) >= 11 is 5.70. The molecule has 9 heteroatoms. The molecular formula is C26H23FN6OS. The Kier molecular flexibility index (Phi) is 6.49. The molecule has 1 aliphatic heterocycles. The Morgan fingerprint density at radius 1 is 1.00 bits per heavy atom. The van der Waals surface area contributed by atoms with Crippen LogP contribution >= 0.6 is 12.2 Å². The predicted octanol–water partition coefficient (Wildman–Crippen LogP) is 4.41. The standard InChI is InChI=1S/C26H23FN6OS/c27-18-8-1-2-9-19(18)30-23(34)13-17-33-25(24(31-26(33)35)20-10-3-5-14-28-20)21-11-7-16-32(21)22-12-4-6-15-29-22/h1-12,14-16,24-25H,13,17H2,(H,30,34)(H,31,35)/t24-,25+/m1/s1. The SMILES string of the molecule is O=C(CCN1C(=S)N[C@H](c2ccccn2)[C@@H]1c1cccn1-c1ccccn1)Nc1ccccc1F. The fraction of sp³-hybridized carbons (Fsp3) is 0.154. The van der Waals surface area contributed by atoms with Gasteiger partial charge in [0.1, 0.15) is 11.6 Å². The number of hydrogen-bond donors (Lipinski definition) is 2. The van der Waals surface area contributed by atoms with Gasteiger partial charge in [-0.15, -0.1) is 0 Å². The van der Waals surface area contributed by atoms with E-state index in [1.54, 1.807) is 24.5 Å². The molecule has 1 aromatic carbocycles. The van der Waals surface area contributed by atoms with Gasteiger partial charge < -0.3 is 20.1 Å². The zero-order chi connectivity index (χ0) is 24.2. The highest BCUT2D eigenvalue weighted by molar-refractivity contribution is 7.80. The number of benzene rings is 1. The molecular weight excluding hydrogens is 463 g/mol. The summed E-state index contributed by atoms with van der Waals surface area (Å²) in [5, 5.41) is 6.56. The lowest BCUT2D eigenvalue weighted by atomic mass is 10.0. The largest absolute Gasteiger partial charge is 0.352 e. The van der Waals surface area contributed by atoms with Gasteiger partial charge in [-0.3, -0.25) is 9.78 Å². The van der Waals surface area contributed by atoms with Crippen LogP contribution in [0.1, 0.15) is 29.9 Å². The van der Waals surface area contributed by atoms with E-state index in [2.05, 4.69) is 20.6 Å². The minimum absolute atomic E-state index is 0.131. The lowest BCUT2D eigenvalue weighted by Gasteiger charge is -2.28. The van der Waals surface area contributed by atoms with Crippen LogP contribution in [0.3, 0.4) is 0 Å². The number of amides is 1. The van der Waals surface area contributed by atoms with E-state index in [4.69, 9.17) is 12.2 Å². The van der Waals surface area contributed by atoms with Gasteiger partial charge in [0.05, 0.1) is 23.5 Å². The molecule has 2 N–H and O–H groups in total. The van der Waals surface area contributed by atoms with Gasteiger partial charge in [0.25, 0.3) is 0 Å². The number of carbonyl (C=O) groups is 1. The Labute approximate surface area is 207 Å². The third-order valence-electron chi connectivity index (χ3n) is 5.90. The van der Waals surface area contributed by atoms with Crippen molar-refractivity contribution in [3.8, 4) is 5.82 Å². The number of rotatable bonds is 7. The Hall–Kier alpha value is -4.11. The molecule has 0 radical (unpaired) electrons. The van der Waals surface area contributed by atoms with Crippen molar-refractivity contribution in [3.05, 3.63) is 109 Å². The molecule has 5 rings (SSSR count). The van der Waals surface area contributed by atoms with Crippen LogP contribution in [0, 0.1) is 5.82 Å². The van der Waals surface area contributed by atoms with Crippen LogP contribution in [0.4, 0.5) is 10.1 Å². The number of carbonyl (C=O) groups excluding carboxylic acids is 1. The summed E-state index contributed by atoms with van der Waals surface area (Å²) in [6, 6.07) is 21.1. The molecule has 0 spiro atoms. The van der Waals surface area contributed by atoms with E-state index in [9.17, 15) is 9.18 Å². The number of nitrogens with one attached hydrogen (secondary N) is 2. The van der Waals surface area contributed by atoms with E-state index in [-0.39, 0.29) is 30.1 Å². The average Bonchev–Trinajstić information content (AvgIpc) is 3.49. The molecule has 0 saturated carbocycles. The zero-order valence-electron chi connectivity index (χ0n) is 18.7. The quantitative estimate of drug-likeness (QED) is 0.377. The van der Waals surface area contributed by atoms with E-state index in [1.165, 1.54) is 12.1 Å². The highest BCUT2D eigenvalue weighted by Crippen LogP contribution is 2.39. The topological polar surface area (TPSA) is 75.1 Å². The maximum Gasteiger partial charge on any atom is 0.226 e. The van der Waals surface area contributed by atoms with Gasteiger partial charge in [-0.05, 0) is 60.7 Å². The normalized spacial score (nSPS) is 17.3. The van der Waals surface area contributed by atoms with Crippen LogP contribution in [-0.4, -0.2) is 37.0 Å². The number of anilines is 1. The molecule has 3 aromatic heterocycles. The van der Waals surface area contributed by atoms with Gasteiger partial charge in [-0.25, -0.2) is 9.37 Å². The van der Waals surface area contributed by atoms with Crippen molar-refractivity contribution < 1.29 is 9.18 Å². The van der Waals surface area contributed by atoms with E-state index < -0.39 is 5.82 Å². The van der Waals surface area contributed by atoms with Crippen LogP contribution < -0.4 is 10.6 Å². The molecule has 4 aromatic rings. The van der Waals surface area contributed by atoms with Gasteiger partial charge >= 0.3 is 0 Å². The van der Waals surface area contributed by atoms with Gasteiger partial charge in [0.15, 0.2) is 5.11 Å². The first-order valence-electron chi connectivity index (χ1n) is 11.2. The molecule has 0 bridgehead atoms. The summed E-state index contributed by atoms with van der Waals surface area (Å²) in [5.74, 6) is 0.0147. The van der Waals surface area contributed by atoms with E-state index >= 15 is 0 Å². The highest BCUT2D eigenvalue weighted by Gasteiger charge is 2.41. The first kappa shape index (κ1) is 22.7. The summed E-state index contributed by atoms with van der Waals surface area (Å²) < 4.78 is 16.0. The summed E-state index contributed by atoms with van der Waals surface area (Å²) in [7, 11) is 0. The summed E-state index contributed by atoms with van der Waals surface area (Å²) in [5.41, 5.74) is 1.96.